The van der Waals surface area contributed by atoms with E-state index in [9.17, 15) is 4.79 Å². The maximum absolute atomic E-state index is 14.2. The van der Waals surface area contributed by atoms with Gasteiger partial charge in [0.25, 0.3) is 0 Å². The molecule has 0 N–H and O–H groups in total. The van der Waals surface area contributed by atoms with E-state index in [1.54, 1.807) is 11.1 Å². The average Bonchev–Trinajstić information content (AvgIpc) is 3.31. The molecule has 0 aromatic heterocycles. The summed E-state index contributed by atoms with van der Waals surface area (Å²) in [6.45, 7) is 0.899. The summed E-state index contributed by atoms with van der Waals surface area (Å²) in [5.41, 5.74) is 7.57. The second kappa shape index (κ2) is 9.49. The van der Waals surface area contributed by atoms with Gasteiger partial charge in [-0.15, -0.1) is 0 Å². The summed E-state index contributed by atoms with van der Waals surface area (Å²) in [5.74, 6) is 0.712. The summed E-state index contributed by atoms with van der Waals surface area (Å²) in [4.78, 5) is 19.1. The van der Waals surface area contributed by atoms with E-state index < -0.39 is 0 Å². The minimum Gasteiger partial charge on any atom is -0.333 e. The van der Waals surface area contributed by atoms with Crippen LogP contribution in [0.15, 0.2) is 60.2 Å². The lowest BCUT2D eigenvalue weighted by Crippen LogP contribution is -2.62. The number of rotatable bonds is 4. The molecule has 0 saturated heterocycles. The van der Waals surface area contributed by atoms with Gasteiger partial charge in [0.2, 0.25) is 5.91 Å². The lowest BCUT2D eigenvalue weighted by atomic mass is 9.63. The zero-order chi connectivity index (χ0) is 24.8. The van der Waals surface area contributed by atoms with Crippen molar-refractivity contribution in [1.29, 1.82) is 0 Å². The minimum absolute atomic E-state index is 0.0999. The van der Waals surface area contributed by atoms with Gasteiger partial charge < -0.3 is 9.80 Å². The number of hydrogen-bond acceptors (Lipinski definition) is 2. The number of fused-ring (bicyclic) bond motifs is 3. The third-order valence-electron chi connectivity index (χ3n) is 10.3. The van der Waals surface area contributed by atoms with Crippen LogP contribution < -0.4 is 0 Å². The van der Waals surface area contributed by atoms with Crippen LogP contribution in [0.4, 0.5) is 0 Å². The predicted octanol–water partition coefficient (Wildman–Crippen LogP) is 6.66. The van der Waals surface area contributed by atoms with E-state index in [4.69, 9.17) is 0 Å². The van der Waals surface area contributed by atoms with Crippen LogP contribution >= 0.6 is 0 Å². The molecule has 190 valence electrons. The van der Waals surface area contributed by atoms with Crippen LogP contribution in [0.3, 0.4) is 0 Å². The summed E-state index contributed by atoms with van der Waals surface area (Å²) in [6, 6.07) is 20.0. The van der Waals surface area contributed by atoms with Crippen molar-refractivity contribution < 1.29 is 4.79 Å². The second-order valence-corrected chi connectivity index (χ2v) is 12.2. The van der Waals surface area contributed by atoms with Gasteiger partial charge in [-0.2, -0.15) is 0 Å². The maximum atomic E-state index is 14.2. The molecule has 2 saturated carbocycles. The SMILES string of the molecule is CN(C)C1(Cc2ccccc2)CCC2(CC1)C1=C(CCN2C(=O)C2CCCCC2)c2ccccc2C1. The molecule has 0 unspecified atom stereocenters. The van der Waals surface area contributed by atoms with Crippen LogP contribution in [-0.4, -0.2) is 47.4 Å². The van der Waals surface area contributed by atoms with Crippen LogP contribution in [0.2, 0.25) is 0 Å². The molecule has 3 heteroatoms. The summed E-state index contributed by atoms with van der Waals surface area (Å²) in [5, 5.41) is 0. The molecule has 3 nitrogen and oxygen atoms in total. The quantitative estimate of drug-likeness (QED) is 0.486. The molecule has 3 aliphatic carbocycles. The Morgan fingerprint density at radius 3 is 2.33 bits per heavy atom. The highest BCUT2D eigenvalue weighted by Gasteiger charge is 2.54. The molecule has 0 radical (unpaired) electrons. The fraction of sp³-hybridized carbons (Fsp3) is 0.545. The van der Waals surface area contributed by atoms with E-state index in [1.807, 2.05) is 0 Å². The summed E-state index contributed by atoms with van der Waals surface area (Å²) in [6.07, 6.45) is 13.5. The number of carbonyl (C=O) groups is 1. The van der Waals surface area contributed by atoms with Gasteiger partial charge in [-0.25, -0.2) is 0 Å². The highest BCUT2D eigenvalue weighted by molar-refractivity contribution is 5.85. The Labute approximate surface area is 217 Å². The van der Waals surface area contributed by atoms with Gasteiger partial charge in [-0.1, -0.05) is 73.9 Å². The molecular formula is C33H42N2O. The van der Waals surface area contributed by atoms with Crippen molar-refractivity contribution in [2.45, 2.75) is 88.1 Å². The molecule has 1 aliphatic heterocycles. The van der Waals surface area contributed by atoms with Crippen molar-refractivity contribution in [1.82, 2.24) is 9.80 Å². The van der Waals surface area contributed by atoms with Gasteiger partial charge in [0.15, 0.2) is 0 Å². The third kappa shape index (κ3) is 3.95. The van der Waals surface area contributed by atoms with E-state index >= 15 is 0 Å². The van der Waals surface area contributed by atoms with E-state index in [2.05, 4.69) is 78.5 Å². The van der Waals surface area contributed by atoms with Crippen LogP contribution in [0.5, 0.6) is 0 Å². The van der Waals surface area contributed by atoms with Crippen LogP contribution in [0.25, 0.3) is 5.57 Å². The molecule has 36 heavy (non-hydrogen) atoms. The zero-order valence-corrected chi connectivity index (χ0v) is 22.3. The first-order chi connectivity index (χ1) is 17.5. The fourth-order valence-corrected chi connectivity index (χ4v) is 8.11. The molecule has 0 bridgehead atoms. The molecule has 2 fully saturated rings. The van der Waals surface area contributed by atoms with Crippen molar-refractivity contribution in [3.8, 4) is 0 Å². The molecule has 2 aromatic rings. The van der Waals surface area contributed by atoms with Gasteiger partial charge in [0.05, 0.1) is 5.54 Å². The second-order valence-electron chi connectivity index (χ2n) is 12.2. The molecule has 1 spiro atoms. The van der Waals surface area contributed by atoms with E-state index in [0.29, 0.717) is 5.91 Å². The predicted molar refractivity (Wildman–Crippen MR) is 148 cm³/mol. The number of hydrogen-bond donors (Lipinski definition) is 0. The van der Waals surface area contributed by atoms with Crippen molar-refractivity contribution >= 4 is 11.5 Å². The summed E-state index contributed by atoms with van der Waals surface area (Å²) < 4.78 is 0. The zero-order valence-electron chi connectivity index (χ0n) is 22.3. The molecule has 1 amide bonds. The topological polar surface area (TPSA) is 23.6 Å². The first-order valence-electron chi connectivity index (χ1n) is 14.4. The number of benzene rings is 2. The van der Waals surface area contributed by atoms with E-state index in [1.165, 1.54) is 36.0 Å². The van der Waals surface area contributed by atoms with Crippen LogP contribution in [0.1, 0.15) is 80.9 Å². The number of carbonyl (C=O) groups excluding carboxylic acids is 1. The highest BCUT2D eigenvalue weighted by atomic mass is 16.2. The fourth-order valence-electron chi connectivity index (χ4n) is 8.11. The van der Waals surface area contributed by atoms with Gasteiger partial charge in [0.1, 0.15) is 0 Å². The van der Waals surface area contributed by atoms with Crippen molar-refractivity contribution in [3.05, 3.63) is 76.9 Å². The van der Waals surface area contributed by atoms with Crippen LogP contribution in [-0.2, 0) is 17.6 Å². The molecule has 1 heterocycles. The Morgan fingerprint density at radius 1 is 0.917 bits per heavy atom. The number of amides is 1. The Morgan fingerprint density at radius 2 is 1.61 bits per heavy atom. The van der Waals surface area contributed by atoms with Crippen molar-refractivity contribution in [3.63, 3.8) is 0 Å². The first-order valence-corrected chi connectivity index (χ1v) is 14.4. The van der Waals surface area contributed by atoms with Gasteiger partial charge in [-0.3, -0.25) is 4.79 Å². The minimum atomic E-state index is -0.0999. The molecule has 0 atom stereocenters. The van der Waals surface area contributed by atoms with Gasteiger partial charge >= 0.3 is 0 Å². The number of likely N-dealkylation sites (N-methyl/N-ethyl adjacent to an activating group) is 1. The maximum Gasteiger partial charge on any atom is 0.226 e. The summed E-state index contributed by atoms with van der Waals surface area (Å²) in [7, 11) is 4.53. The normalized spacial score (nSPS) is 28.5. The average molecular weight is 483 g/mol. The Hall–Kier alpha value is -2.39. The number of nitrogens with zero attached hydrogens (tertiary/aromatic N) is 2. The van der Waals surface area contributed by atoms with Crippen LogP contribution in [0, 0.1) is 5.92 Å². The largest absolute Gasteiger partial charge is 0.333 e. The van der Waals surface area contributed by atoms with E-state index in [0.717, 1.165) is 64.3 Å². The Balaban J connectivity index is 1.35. The van der Waals surface area contributed by atoms with Crippen molar-refractivity contribution in [2.75, 3.05) is 20.6 Å². The molecule has 4 aliphatic rings. The summed E-state index contributed by atoms with van der Waals surface area (Å²) >= 11 is 0. The monoisotopic (exact) mass is 482 g/mol. The Kier molecular flexibility index (Phi) is 6.32. The molecular weight excluding hydrogens is 440 g/mol. The highest BCUT2D eigenvalue weighted by Crippen LogP contribution is 2.54. The smallest absolute Gasteiger partial charge is 0.226 e. The van der Waals surface area contributed by atoms with Gasteiger partial charge in [0, 0.05) is 18.0 Å². The van der Waals surface area contributed by atoms with Crippen molar-refractivity contribution in [2.24, 2.45) is 5.92 Å². The lowest BCUT2D eigenvalue weighted by Gasteiger charge is -2.57. The lowest BCUT2D eigenvalue weighted by molar-refractivity contribution is -0.144. The molecule has 2 aromatic carbocycles. The first kappa shape index (κ1) is 24.0. The Bertz CT molecular complexity index is 1130. The third-order valence-corrected chi connectivity index (χ3v) is 10.3. The van der Waals surface area contributed by atoms with Gasteiger partial charge in [-0.05, 0) is 99.7 Å². The standard InChI is InChI=1S/C33H42N2O/c1-34(2)32(24-25-11-5-3-6-12-25)18-20-33(21-19-32)30-23-27-15-9-10-16-28(27)29(30)17-22-35(33)31(36)26-13-7-4-8-14-26/h3,5-6,9-12,15-16,26H,4,7-8,13-14,17-24H2,1-2H3. The molecule has 6 rings (SSSR count). The van der Waals surface area contributed by atoms with E-state index in [-0.39, 0.29) is 17.0 Å².